The molecule has 0 spiro atoms. The van der Waals surface area contributed by atoms with Crippen molar-refractivity contribution in [1.29, 1.82) is 0 Å². The molecule has 0 aliphatic carbocycles. The normalized spacial score (nSPS) is 19.9. The van der Waals surface area contributed by atoms with Crippen LogP contribution in [-0.2, 0) is 11.3 Å². The first-order valence-corrected chi connectivity index (χ1v) is 6.72. The maximum atomic E-state index is 12.4. The fourth-order valence-electron chi connectivity index (χ4n) is 2.24. The number of carbonyl (C=O) groups excluding carboxylic acids is 1. The monoisotopic (exact) mass is 246 g/mol. The molecule has 3 heteroatoms. The Hall–Kier alpha value is -1.35. The second-order valence-corrected chi connectivity index (χ2v) is 5.40. The second-order valence-electron chi connectivity index (χ2n) is 5.40. The minimum Gasteiger partial charge on any atom is -0.311 e. The number of carbonyl (C=O) groups is 1. The van der Waals surface area contributed by atoms with Crippen molar-refractivity contribution in [3.05, 3.63) is 29.8 Å². The molecular formula is C15H22N2O. The van der Waals surface area contributed by atoms with Crippen molar-refractivity contribution in [2.45, 2.75) is 39.8 Å². The van der Waals surface area contributed by atoms with Crippen molar-refractivity contribution in [3.8, 4) is 0 Å². The Kier molecular flexibility index (Phi) is 4.02. The van der Waals surface area contributed by atoms with Crippen LogP contribution in [0.5, 0.6) is 0 Å². The number of nitrogens with zero attached hydrogens (tertiary/aromatic N) is 1. The van der Waals surface area contributed by atoms with Crippen LogP contribution < -0.4 is 10.2 Å². The summed E-state index contributed by atoms with van der Waals surface area (Å²) in [5.41, 5.74) is 2.28. The zero-order chi connectivity index (χ0) is 13.1. The number of nitrogens with one attached hydrogen (secondary N) is 1. The summed E-state index contributed by atoms with van der Waals surface area (Å²) < 4.78 is 0. The second kappa shape index (κ2) is 5.53. The predicted molar refractivity (Wildman–Crippen MR) is 74.6 cm³/mol. The summed E-state index contributed by atoms with van der Waals surface area (Å²) in [4.78, 5) is 14.3. The Balaban J connectivity index is 2.29. The predicted octanol–water partition coefficient (Wildman–Crippen LogP) is 2.56. The third-order valence-corrected chi connectivity index (χ3v) is 3.45. The maximum Gasteiger partial charge on any atom is 0.243 e. The van der Waals surface area contributed by atoms with Crippen LogP contribution in [0.25, 0.3) is 0 Å². The molecule has 0 aromatic heterocycles. The van der Waals surface area contributed by atoms with Crippen LogP contribution in [0.2, 0.25) is 0 Å². The highest BCUT2D eigenvalue weighted by Gasteiger charge is 2.26. The van der Waals surface area contributed by atoms with Gasteiger partial charge in [-0.2, -0.15) is 0 Å². The Morgan fingerprint density at radius 2 is 2.11 bits per heavy atom. The van der Waals surface area contributed by atoms with Crippen molar-refractivity contribution >= 4 is 11.6 Å². The van der Waals surface area contributed by atoms with Gasteiger partial charge in [-0.25, -0.2) is 0 Å². The molecule has 0 saturated carbocycles. The van der Waals surface area contributed by atoms with Crippen LogP contribution in [0, 0.1) is 5.92 Å². The van der Waals surface area contributed by atoms with E-state index in [1.54, 1.807) is 0 Å². The summed E-state index contributed by atoms with van der Waals surface area (Å²) in [5, 5.41) is 3.28. The number of para-hydroxylation sites is 1. The van der Waals surface area contributed by atoms with E-state index in [9.17, 15) is 4.79 Å². The van der Waals surface area contributed by atoms with E-state index in [2.05, 4.69) is 25.2 Å². The first-order valence-electron chi connectivity index (χ1n) is 6.72. The zero-order valence-corrected chi connectivity index (χ0v) is 11.4. The summed E-state index contributed by atoms with van der Waals surface area (Å²) in [6.45, 7) is 7.89. The highest BCUT2D eigenvalue weighted by atomic mass is 16.2. The van der Waals surface area contributed by atoms with Gasteiger partial charge < -0.3 is 10.2 Å². The fraction of sp³-hybridized carbons (Fsp3) is 0.533. The van der Waals surface area contributed by atoms with Gasteiger partial charge in [0.05, 0.1) is 6.04 Å². The molecule has 98 valence electrons. The van der Waals surface area contributed by atoms with Gasteiger partial charge in [0.25, 0.3) is 0 Å². The lowest BCUT2D eigenvalue weighted by atomic mass is 10.1. The summed E-state index contributed by atoms with van der Waals surface area (Å²) in [6.07, 6.45) is 1.03. The summed E-state index contributed by atoms with van der Waals surface area (Å²) in [5.74, 6) is 0.789. The number of benzene rings is 1. The smallest absolute Gasteiger partial charge is 0.243 e. The first kappa shape index (κ1) is 13.1. The summed E-state index contributed by atoms with van der Waals surface area (Å²) in [7, 11) is 0. The minimum atomic E-state index is -0.107. The molecule has 0 bridgehead atoms. The number of fused-ring (bicyclic) bond motifs is 1. The topological polar surface area (TPSA) is 32.3 Å². The van der Waals surface area contributed by atoms with Gasteiger partial charge in [0.2, 0.25) is 5.91 Å². The molecule has 1 heterocycles. The van der Waals surface area contributed by atoms with Crippen LogP contribution in [0.4, 0.5) is 5.69 Å². The Morgan fingerprint density at radius 1 is 1.39 bits per heavy atom. The molecule has 18 heavy (non-hydrogen) atoms. The zero-order valence-electron chi connectivity index (χ0n) is 11.4. The van der Waals surface area contributed by atoms with Crippen molar-refractivity contribution in [3.63, 3.8) is 0 Å². The molecule has 1 N–H and O–H groups in total. The molecule has 1 atom stereocenters. The first-order chi connectivity index (χ1) is 8.59. The molecule has 1 unspecified atom stereocenters. The van der Waals surface area contributed by atoms with Crippen molar-refractivity contribution in [1.82, 2.24) is 5.32 Å². The molecule has 1 aliphatic rings. The highest BCUT2D eigenvalue weighted by Crippen LogP contribution is 2.24. The van der Waals surface area contributed by atoms with Gasteiger partial charge in [0, 0.05) is 18.8 Å². The van der Waals surface area contributed by atoms with E-state index in [0.29, 0.717) is 5.92 Å². The third-order valence-electron chi connectivity index (χ3n) is 3.45. The largest absolute Gasteiger partial charge is 0.311 e. The Morgan fingerprint density at radius 3 is 2.83 bits per heavy atom. The lowest BCUT2D eigenvalue weighted by molar-refractivity contribution is -0.120. The number of hydrogen-bond donors (Lipinski definition) is 1. The van der Waals surface area contributed by atoms with Crippen molar-refractivity contribution in [2.75, 3.05) is 11.4 Å². The Bertz CT molecular complexity index is 428. The molecule has 1 aromatic rings. The molecule has 1 aromatic carbocycles. The van der Waals surface area contributed by atoms with E-state index in [0.717, 1.165) is 25.2 Å². The lowest BCUT2D eigenvalue weighted by Crippen LogP contribution is -2.43. The SMILES string of the molecule is CC(C)CCN1C(=O)C(C)NCc2ccccc21. The number of amides is 1. The maximum absolute atomic E-state index is 12.4. The average molecular weight is 246 g/mol. The van der Waals surface area contributed by atoms with Gasteiger partial charge in [0.1, 0.15) is 0 Å². The highest BCUT2D eigenvalue weighted by molar-refractivity contribution is 5.98. The van der Waals surface area contributed by atoms with Crippen molar-refractivity contribution in [2.24, 2.45) is 5.92 Å². The summed E-state index contributed by atoms with van der Waals surface area (Å²) >= 11 is 0. The van der Waals surface area contributed by atoms with Crippen LogP contribution >= 0.6 is 0 Å². The van der Waals surface area contributed by atoms with Gasteiger partial charge in [-0.1, -0.05) is 32.0 Å². The molecule has 0 fully saturated rings. The van der Waals surface area contributed by atoms with Crippen LogP contribution in [0.3, 0.4) is 0 Å². The molecule has 2 rings (SSSR count). The van der Waals surface area contributed by atoms with Gasteiger partial charge >= 0.3 is 0 Å². The molecule has 0 radical (unpaired) electrons. The number of anilines is 1. The van der Waals surface area contributed by atoms with Gasteiger partial charge in [-0.3, -0.25) is 4.79 Å². The van der Waals surface area contributed by atoms with Crippen LogP contribution in [-0.4, -0.2) is 18.5 Å². The van der Waals surface area contributed by atoms with Gasteiger partial charge in [-0.15, -0.1) is 0 Å². The molecule has 0 saturated heterocycles. The van der Waals surface area contributed by atoms with E-state index in [4.69, 9.17) is 0 Å². The average Bonchev–Trinajstić information content (AvgIpc) is 2.47. The number of hydrogen-bond acceptors (Lipinski definition) is 2. The van der Waals surface area contributed by atoms with Crippen LogP contribution in [0.15, 0.2) is 24.3 Å². The Labute approximate surface area is 109 Å². The standard InChI is InChI=1S/C15H22N2O/c1-11(2)8-9-17-14-7-5-4-6-13(14)10-16-12(3)15(17)18/h4-7,11-12,16H,8-10H2,1-3H3. The molecule has 1 aliphatic heterocycles. The minimum absolute atomic E-state index is 0.107. The lowest BCUT2D eigenvalue weighted by Gasteiger charge is -2.25. The van der Waals surface area contributed by atoms with E-state index in [1.165, 1.54) is 5.56 Å². The summed E-state index contributed by atoms with van der Waals surface area (Å²) in [6, 6.07) is 8.07. The van der Waals surface area contributed by atoms with E-state index in [1.807, 2.05) is 30.0 Å². The van der Waals surface area contributed by atoms with E-state index >= 15 is 0 Å². The van der Waals surface area contributed by atoms with Crippen molar-refractivity contribution < 1.29 is 4.79 Å². The third kappa shape index (κ3) is 2.72. The molecule has 1 amide bonds. The van der Waals surface area contributed by atoms with Gasteiger partial charge in [0.15, 0.2) is 0 Å². The number of rotatable bonds is 3. The van der Waals surface area contributed by atoms with E-state index in [-0.39, 0.29) is 11.9 Å². The van der Waals surface area contributed by atoms with Crippen LogP contribution in [0.1, 0.15) is 32.8 Å². The molecular weight excluding hydrogens is 224 g/mol. The van der Waals surface area contributed by atoms with Gasteiger partial charge in [-0.05, 0) is 30.9 Å². The fourth-order valence-corrected chi connectivity index (χ4v) is 2.24. The quantitative estimate of drug-likeness (QED) is 0.889. The molecule has 3 nitrogen and oxygen atoms in total. The van der Waals surface area contributed by atoms with E-state index < -0.39 is 0 Å².